The van der Waals surface area contributed by atoms with Gasteiger partial charge >= 0.3 is 6.09 Å². The minimum atomic E-state index is -0.151. The third kappa shape index (κ3) is 13.6. The summed E-state index contributed by atoms with van der Waals surface area (Å²) in [5.41, 5.74) is 0. The zero-order chi connectivity index (χ0) is 23.9. The summed E-state index contributed by atoms with van der Waals surface area (Å²) in [6.45, 7) is 15.3. The molecule has 1 fully saturated rings. The fourth-order valence-electron chi connectivity index (χ4n) is 4.04. The number of epoxide rings is 1. The Bertz CT molecular complexity index is 486. The third-order valence-electron chi connectivity index (χ3n) is 5.80. The van der Waals surface area contributed by atoms with Crippen LogP contribution in [-0.4, -0.2) is 67.3 Å². The summed E-state index contributed by atoms with van der Waals surface area (Å²) in [5.74, 6) is 0.635. The van der Waals surface area contributed by atoms with E-state index in [1.807, 2.05) is 18.7 Å². The number of hydrogen-bond acceptors (Lipinski definition) is 5. The molecule has 0 N–H and O–H groups in total. The molecule has 0 radical (unpaired) electrons. The summed E-state index contributed by atoms with van der Waals surface area (Å²) in [7, 11) is 2.10. The van der Waals surface area contributed by atoms with Gasteiger partial charge in [0.2, 0.25) is 0 Å². The molecule has 0 aromatic heterocycles. The standard InChI is InChI=1S/C26H52N2O4/c1-8-9-10-15-18-28(26(29)30-22(4)5)19-16-13-11-12-14-17-23(6)31-25-24(32-25)27(7)20-21(2)3/h21-25H,8-20H2,1-7H3. The molecule has 1 amide bonds. The third-order valence-corrected chi connectivity index (χ3v) is 5.80. The number of amides is 1. The number of carbonyl (C=O) groups is 1. The molecule has 0 aromatic carbocycles. The largest absolute Gasteiger partial charge is 0.447 e. The molecule has 3 atom stereocenters. The fourth-order valence-corrected chi connectivity index (χ4v) is 4.04. The van der Waals surface area contributed by atoms with Gasteiger partial charge in [0.15, 0.2) is 12.5 Å². The van der Waals surface area contributed by atoms with Crippen LogP contribution in [0.15, 0.2) is 0 Å². The Morgan fingerprint density at radius 2 is 1.50 bits per heavy atom. The van der Waals surface area contributed by atoms with Crippen molar-refractivity contribution in [3.63, 3.8) is 0 Å². The predicted octanol–water partition coefficient (Wildman–Crippen LogP) is 6.43. The van der Waals surface area contributed by atoms with Crippen molar-refractivity contribution in [2.24, 2.45) is 5.92 Å². The molecule has 1 heterocycles. The van der Waals surface area contributed by atoms with E-state index in [-0.39, 0.29) is 30.8 Å². The van der Waals surface area contributed by atoms with Gasteiger partial charge in [-0.1, -0.05) is 65.7 Å². The molecule has 0 saturated carbocycles. The second-order valence-electron chi connectivity index (χ2n) is 10.2. The highest BCUT2D eigenvalue weighted by Gasteiger charge is 2.44. The molecule has 6 heteroatoms. The van der Waals surface area contributed by atoms with Gasteiger partial charge < -0.3 is 19.1 Å². The number of unbranched alkanes of at least 4 members (excludes halogenated alkanes) is 7. The first-order valence-electron chi connectivity index (χ1n) is 13.2. The molecule has 1 rings (SSSR count). The smallest absolute Gasteiger partial charge is 0.410 e. The topological polar surface area (TPSA) is 54.5 Å². The van der Waals surface area contributed by atoms with Gasteiger partial charge in [-0.15, -0.1) is 0 Å². The van der Waals surface area contributed by atoms with Crippen LogP contribution in [0.3, 0.4) is 0 Å². The van der Waals surface area contributed by atoms with Gasteiger partial charge in [-0.05, 0) is 53.0 Å². The second kappa shape index (κ2) is 16.7. The molecular weight excluding hydrogens is 404 g/mol. The summed E-state index contributed by atoms with van der Waals surface area (Å²) in [4.78, 5) is 16.5. The van der Waals surface area contributed by atoms with E-state index >= 15 is 0 Å². The minimum Gasteiger partial charge on any atom is -0.447 e. The number of nitrogens with zero attached hydrogens (tertiary/aromatic N) is 2. The quantitative estimate of drug-likeness (QED) is 0.166. The van der Waals surface area contributed by atoms with Crippen molar-refractivity contribution >= 4 is 6.09 Å². The molecule has 0 aromatic rings. The highest BCUT2D eigenvalue weighted by atomic mass is 16.8. The van der Waals surface area contributed by atoms with Crippen molar-refractivity contribution in [1.82, 2.24) is 9.80 Å². The van der Waals surface area contributed by atoms with Crippen LogP contribution in [0.2, 0.25) is 0 Å². The Hall–Kier alpha value is -0.850. The second-order valence-corrected chi connectivity index (χ2v) is 10.2. The van der Waals surface area contributed by atoms with Crippen molar-refractivity contribution in [3.05, 3.63) is 0 Å². The van der Waals surface area contributed by atoms with Crippen LogP contribution in [0.5, 0.6) is 0 Å². The molecule has 6 nitrogen and oxygen atoms in total. The molecule has 3 unspecified atom stereocenters. The first-order chi connectivity index (χ1) is 15.2. The summed E-state index contributed by atoms with van der Waals surface area (Å²) >= 11 is 0. The van der Waals surface area contributed by atoms with Crippen molar-refractivity contribution < 1.29 is 19.0 Å². The van der Waals surface area contributed by atoms with Gasteiger partial charge in [-0.3, -0.25) is 4.90 Å². The van der Waals surface area contributed by atoms with E-state index in [4.69, 9.17) is 14.2 Å². The van der Waals surface area contributed by atoms with E-state index in [0.717, 1.165) is 45.3 Å². The van der Waals surface area contributed by atoms with Gasteiger partial charge in [-0.25, -0.2) is 4.79 Å². The van der Waals surface area contributed by atoms with Gasteiger partial charge in [0, 0.05) is 19.6 Å². The molecule has 190 valence electrons. The summed E-state index contributed by atoms with van der Waals surface area (Å²) in [6, 6.07) is 0. The Labute approximate surface area is 198 Å². The fraction of sp³-hybridized carbons (Fsp3) is 0.962. The van der Waals surface area contributed by atoms with Crippen molar-refractivity contribution in [3.8, 4) is 0 Å². The van der Waals surface area contributed by atoms with E-state index in [9.17, 15) is 4.79 Å². The lowest BCUT2D eigenvalue weighted by molar-refractivity contribution is -0.00698. The number of ether oxygens (including phenoxy) is 3. The van der Waals surface area contributed by atoms with Crippen LogP contribution in [0.1, 0.15) is 106 Å². The number of hydrogen-bond donors (Lipinski definition) is 0. The maximum atomic E-state index is 12.3. The first kappa shape index (κ1) is 29.2. The summed E-state index contributed by atoms with van der Waals surface area (Å²) in [5, 5.41) is 0. The van der Waals surface area contributed by atoms with Crippen LogP contribution in [0.25, 0.3) is 0 Å². The SMILES string of the molecule is CCCCCCN(CCCCCCCC(C)OC1OC1N(C)CC(C)C)C(=O)OC(C)C. The minimum absolute atomic E-state index is 0.0531. The van der Waals surface area contributed by atoms with Crippen LogP contribution < -0.4 is 0 Å². The number of carbonyl (C=O) groups excluding carboxylic acids is 1. The lowest BCUT2D eigenvalue weighted by Gasteiger charge is -2.23. The zero-order valence-electron chi connectivity index (χ0n) is 22.1. The average Bonchev–Trinajstić information content (AvgIpc) is 3.46. The van der Waals surface area contributed by atoms with Gasteiger partial charge in [0.25, 0.3) is 0 Å². The van der Waals surface area contributed by atoms with E-state index in [2.05, 4.69) is 39.6 Å². The van der Waals surface area contributed by atoms with Gasteiger partial charge in [0.05, 0.1) is 12.2 Å². The zero-order valence-corrected chi connectivity index (χ0v) is 22.1. The van der Waals surface area contributed by atoms with E-state index in [1.54, 1.807) is 0 Å². The van der Waals surface area contributed by atoms with Gasteiger partial charge in [-0.2, -0.15) is 0 Å². The highest BCUT2D eigenvalue weighted by Crippen LogP contribution is 2.28. The van der Waals surface area contributed by atoms with E-state index in [1.165, 1.54) is 38.5 Å². The normalized spacial score (nSPS) is 19.1. The number of likely N-dealkylation sites (N-methyl/N-ethyl adjacent to an activating group) is 1. The molecule has 0 aliphatic carbocycles. The van der Waals surface area contributed by atoms with E-state index < -0.39 is 0 Å². The maximum Gasteiger partial charge on any atom is 0.410 e. The molecule has 1 saturated heterocycles. The van der Waals surface area contributed by atoms with Gasteiger partial charge in [0.1, 0.15) is 0 Å². The summed E-state index contributed by atoms with van der Waals surface area (Å²) in [6.07, 6.45) is 11.7. The molecule has 1 aliphatic heterocycles. The van der Waals surface area contributed by atoms with E-state index in [0.29, 0.717) is 5.92 Å². The number of rotatable bonds is 19. The van der Waals surface area contributed by atoms with Crippen molar-refractivity contribution in [2.75, 3.05) is 26.7 Å². The molecule has 0 bridgehead atoms. The average molecular weight is 457 g/mol. The summed E-state index contributed by atoms with van der Waals surface area (Å²) < 4.78 is 17.1. The van der Waals surface area contributed by atoms with Crippen LogP contribution in [0, 0.1) is 5.92 Å². The first-order valence-corrected chi connectivity index (χ1v) is 13.2. The van der Waals surface area contributed by atoms with Crippen molar-refractivity contribution in [1.29, 1.82) is 0 Å². The van der Waals surface area contributed by atoms with Crippen LogP contribution in [-0.2, 0) is 14.2 Å². The van der Waals surface area contributed by atoms with Crippen LogP contribution in [0.4, 0.5) is 4.79 Å². The predicted molar refractivity (Wildman–Crippen MR) is 132 cm³/mol. The Morgan fingerprint density at radius 1 is 0.906 bits per heavy atom. The highest BCUT2D eigenvalue weighted by molar-refractivity contribution is 5.67. The lowest BCUT2D eigenvalue weighted by atomic mass is 10.1. The lowest BCUT2D eigenvalue weighted by Crippen LogP contribution is -2.35. The Balaban J connectivity index is 2.11. The Kier molecular flexibility index (Phi) is 15.2. The molecule has 32 heavy (non-hydrogen) atoms. The van der Waals surface area contributed by atoms with Crippen LogP contribution >= 0.6 is 0 Å². The molecule has 0 spiro atoms. The van der Waals surface area contributed by atoms with Crippen molar-refractivity contribution in [2.45, 2.75) is 130 Å². The monoisotopic (exact) mass is 456 g/mol. The molecule has 1 aliphatic rings. The maximum absolute atomic E-state index is 12.3. The molecular formula is C26H52N2O4. The Morgan fingerprint density at radius 3 is 2.09 bits per heavy atom.